The Labute approximate surface area is 299 Å². The second-order valence-corrected chi connectivity index (χ2v) is 18.9. The first-order chi connectivity index (χ1) is 23.2. The Hall–Kier alpha value is -3.06. The van der Waals surface area contributed by atoms with E-state index >= 15 is 0 Å². The Balaban J connectivity index is 1.96. The van der Waals surface area contributed by atoms with Crippen molar-refractivity contribution in [3.05, 3.63) is 93.0 Å². The van der Waals surface area contributed by atoms with Gasteiger partial charge in [0.25, 0.3) is 0 Å². The van der Waals surface area contributed by atoms with Crippen molar-refractivity contribution >= 4 is 37.1 Å². The monoisotopic (exact) mass is 700 g/mol. The highest BCUT2D eigenvalue weighted by Gasteiger charge is 2.36. The zero-order valence-corrected chi connectivity index (χ0v) is 34.4. The first kappa shape index (κ1) is 38.7. The maximum atomic E-state index is 5.83. The Kier molecular flexibility index (Phi) is 12.9. The molecule has 4 rings (SSSR count). The van der Waals surface area contributed by atoms with Crippen LogP contribution in [0.5, 0.6) is 23.0 Å². The van der Waals surface area contributed by atoms with Gasteiger partial charge in [-0.3, -0.25) is 0 Å². The molecule has 0 saturated carbocycles. The molecule has 4 nitrogen and oxygen atoms in total. The predicted molar refractivity (Wildman–Crippen MR) is 215 cm³/mol. The molecule has 0 saturated heterocycles. The van der Waals surface area contributed by atoms with E-state index in [0.29, 0.717) is 17.2 Å². The SMILES string of the molecule is CCC(C(C)P(c1cc(C)c(OC)c(C)c1)c1cc(C)c(OC)c(C)c1)C(C)P(c1cc(C)c(OC)c(C)c1)c1cc(C)c(OC)c(C)c1. The summed E-state index contributed by atoms with van der Waals surface area (Å²) >= 11 is 0. The molecule has 4 aromatic carbocycles. The molecule has 0 bridgehead atoms. The van der Waals surface area contributed by atoms with Crippen molar-refractivity contribution in [2.75, 3.05) is 28.4 Å². The molecule has 0 radical (unpaired) electrons. The molecule has 2 atom stereocenters. The molecule has 0 spiro atoms. The lowest BCUT2D eigenvalue weighted by Crippen LogP contribution is -2.35. The molecular weight excluding hydrogens is 642 g/mol. The second-order valence-electron chi connectivity index (χ2n) is 13.7. The molecule has 264 valence electrons. The number of rotatable bonds is 13. The fraction of sp³-hybridized carbons (Fsp3) is 0.442. The van der Waals surface area contributed by atoms with Gasteiger partial charge in [-0.05, 0) is 203 Å². The van der Waals surface area contributed by atoms with Crippen LogP contribution >= 0.6 is 15.8 Å². The van der Waals surface area contributed by atoms with Gasteiger partial charge in [0.05, 0.1) is 28.4 Å². The standard InChI is InChI=1S/C43H58O4P2/c1-16-39(33(10)48(35-17-25(2)40(44-12)26(3)18-35)36-19-27(4)41(45-13)28(5)20-36)34(11)49(37-21-29(6)42(46-14)30(7)22-37)38-23-31(8)43(47-15)32(9)24-38/h17-24,33-34,39H,16H2,1-15H3. The van der Waals surface area contributed by atoms with Gasteiger partial charge in [-0.1, -0.05) is 27.2 Å². The van der Waals surface area contributed by atoms with Gasteiger partial charge in [0, 0.05) is 0 Å². The van der Waals surface area contributed by atoms with Crippen LogP contribution in [0.3, 0.4) is 0 Å². The van der Waals surface area contributed by atoms with E-state index < -0.39 is 15.8 Å². The first-order valence-corrected chi connectivity index (χ1v) is 20.2. The summed E-state index contributed by atoms with van der Waals surface area (Å²) in [6.45, 7) is 24.9. The van der Waals surface area contributed by atoms with Crippen LogP contribution < -0.4 is 40.2 Å². The van der Waals surface area contributed by atoms with Crippen LogP contribution in [-0.2, 0) is 0 Å². The molecule has 0 amide bonds. The van der Waals surface area contributed by atoms with E-state index in [1.165, 1.54) is 65.7 Å². The highest BCUT2D eigenvalue weighted by atomic mass is 31.1. The number of aryl methyl sites for hydroxylation is 8. The van der Waals surface area contributed by atoms with Gasteiger partial charge in [0.1, 0.15) is 23.0 Å². The van der Waals surface area contributed by atoms with Crippen molar-refractivity contribution in [1.82, 2.24) is 0 Å². The van der Waals surface area contributed by atoms with Crippen molar-refractivity contribution in [1.29, 1.82) is 0 Å². The van der Waals surface area contributed by atoms with Gasteiger partial charge in [0.15, 0.2) is 0 Å². The van der Waals surface area contributed by atoms with Crippen LogP contribution in [-0.4, -0.2) is 39.8 Å². The largest absolute Gasteiger partial charge is 0.496 e. The molecular formula is C43H58O4P2. The number of hydrogen-bond acceptors (Lipinski definition) is 4. The molecule has 49 heavy (non-hydrogen) atoms. The number of methoxy groups -OCH3 is 4. The average Bonchev–Trinajstić information content (AvgIpc) is 3.01. The first-order valence-electron chi connectivity index (χ1n) is 17.4. The molecule has 4 aromatic rings. The summed E-state index contributed by atoms with van der Waals surface area (Å²) in [7, 11) is 5.64. The quantitative estimate of drug-likeness (QED) is 0.130. The van der Waals surface area contributed by atoms with Crippen LogP contribution in [0, 0.1) is 61.3 Å². The van der Waals surface area contributed by atoms with Gasteiger partial charge >= 0.3 is 0 Å². The summed E-state index contributed by atoms with van der Waals surface area (Å²) in [5.41, 5.74) is 10.3. The van der Waals surface area contributed by atoms with Gasteiger partial charge in [-0.15, -0.1) is 0 Å². The Morgan fingerprint density at radius 3 is 0.735 bits per heavy atom. The van der Waals surface area contributed by atoms with E-state index in [0.717, 1.165) is 29.4 Å². The fourth-order valence-corrected chi connectivity index (χ4v) is 15.2. The zero-order valence-electron chi connectivity index (χ0n) is 32.6. The van der Waals surface area contributed by atoms with Crippen molar-refractivity contribution in [2.24, 2.45) is 5.92 Å². The highest BCUT2D eigenvalue weighted by Crippen LogP contribution is 2.53. The van der Waals surface area contributed by atoms with Crippen molar-refractivity contribution in [3.63, 3.8) is 0 Å². The minimum absolute atomic E-state index is 0.403. The van der Waals surface area contributed by atoms with Gasteiger partial charge in [0.2, 0.25) is 0 Å². The summed E-state index contributed by atoms with van der Waals surface area (Å²) in [4.78, 5) is 0. The van der Waals surface area contributed by atoms with Gasteiger partial charge in [-0.2, -0.15) is 0 Å². The second kappa shape index (κ2) is 16.3. The van der Waals surface area contributed by atoms with Crippen LogP contribution in [0.15, 0.2) is 48.5 Å². The van der Waals surface area contributed by atoms with Gasteiger partial charge in [-0.25, -0.2) is 0 Å². The Bertz CT molecular complexity index is 1460. The summed E-state index contributed by atoms with van der Waals surface area (Å²) in [5.74, 6) is 4.37. The number of benzene rings is 4. The molecule has 0 heterocycles. The minimum Gasteiger partial charge on any atom is -0.496 e. The number of ether oxygens (including phenoxy) is 4. The average molecular weight is 701 g/mol. The van der Waals surface area contributed by atoms with Crippen LogP contribution in [0.25, 0.3) is 0 Å². The van der Waals surface area contributed by atoms with Crippen LogP contribution in [0.4, 0.5) is 0 Å². The van der Waals surface area contributed by atoms with E-state index in [4.69, 9.17) is 18.9 Å². The van der Waals surface area contributed by atoms with E-state index in [1.54, 1.807) is 28.4 Å². The molecule has 0 N–H and O–H groups in total. The maximum Gasteiger partial charge on any atom is 0.124 e. The predicted octanol–water partition coefficient (Wildman–Crippen LogP) is 9.56. The third-order valence-corrected chi connectivity index (χ3v) is 15.9. The zero-order chi connectivity index (χ0) is 36.3. The lowest BCUT2D eigenvalue weighted by Gasteiger charge is -2.40. The summed E-state index contributed by atoms with van der Waals surface area (Å²) in [6, 6.07) is 19.1. The van der Waals surface area contributed by atoms with Crippen LogP contribution in [0.1, 0.15) is 71.7 Å². The normalized spacial score (nSPS) is 13.4. The van der Waals surface area contributed by atoms with E-state index in [2.05, 4.69) is 125 Å². The van der Waals surface area contributed by atoms with Crippen molar-refractivity contribution in [2.45, 2.75) is 93.9 Å². The molecule has 0 fully saturated rings. The minimum atomic E-state index is -0.733. The topological polar surface area (TPSA) is 36.9 Å². The Morgan fingerprint density at radius 2 is 0.592 bits per heavy atom. The molecule has 2 unspecified atom stereocenters. The molecule has 6 heteroatoms. The summed E-state index contributed by atoms with van der Waals surface area (Å²) in [6.07, 6.45) is 1.09. The smallest absolute Gasteiger partial charge is 0.124 e. The van der Waals surface area contributed by atoms with Gasteiger partial charge < -0.3 is 18.9 Å². The Morgan fingerprint density at radius 1 is 0.408 bits per heavy atom. The lowest BCUT2D eigenvalue weighted by molar-refractivity contribution is 0.408. The summed E-state index contributed by atoms with van der Waals surface area (Å²) < 4.78 is 23.3. The molecule has 0 aliphatic carbocycles. The molecule has 0 aromatic heterocycles. The third-order valence-electron chi connectivity index (χ3n) is 10.2. The fourth-order valence-electron chi connectivity index (χ4n) is 8.26. The molecule has 0 aliphatic rings. The van der Waals surface area contributed by atoms with Crippen molar-refractivity contribution < 1.29 is 18.9 Å². The summed E-state index contributed by atoms with van der Waals surface area (Å²) in [5, 5.41) is 5.63. The van der Waals surface area contributed by atoms with E-state index in [-0.39, 0.29) is 0 Å². The van der Waals surface area contributed by atoms with Crippen molar-refractivity contribution in [3.8, 4) is 23.0 Å². The van der Waals surface area contributed by atoms with E-state index in [1.807, 2.05) is 0 Å². The molecule has 0 aliphatic heterocycles. The third kappa shape index (κ3) is 7.82. The number of hydrogen-bond donors (Lipinski definition) is 0. The maximum absolute atomic E-state index is 5.83. The lowest BCUT2D eigenvalue weighted by atomic mass is 9.99. The van der Waals surface area contributed by atoms with Crippen LogP contribution in [0.2, 0.25) is 0 Å². The van der Waals surface area contributed by atoms with E-state index in [9.17, 15) is 0 Å². The highest BCUT2D eigenvalue weighted by molar-refractivity contribution is 7.74.